The molecular formula is C12H12FN5O. The third kappa shape index (κ3) is 3.02. The first kappa shape index (κ1) is 12.9. The van der Waals surface area contributed by atoms with E-state index >= 15 is 0 Å². The summed E-state index contributed by atoms with van der Waals surface area (Å²) < 4.78 is 13.4. The van der Waals surface area contributed by atoms with Gasteiger partial charge in [-0.1, -0.05) is 12.1 Å². The van der Waals surface area contributed by atoms with Crippen LogP contribution in [0.4, 0.5) is 16.0 Å². The number of nitrogen functional groups attached to an aromatic ring is 1. The van der Waals surface area contributed by atoms with Crippen molar-refractivity contribution in [3.63, 3.8) is 0 Å². The van der Waals surface area contributed by atoms with Gasteiger partial charge in [0.15, 0.2) is 0 Å². The van der Waals surface area contributed by atoms with E-state index in [1.54, 1.807) is 13.0 Å². The molecule has 2 aromatic rings. The standard InChI is InChI=1S/C12H12FN5O/c1-7-6-10(17-12(15-7)18-14)11(19)16-9-5-3-2-4-8(9)13/h2-6H,14H2,1H3,(H,16,19)(H,15,17,18). The van der Waals surface area contributed by atoms with Gasteiger partial charge in [0, 0.05) is 5.69 Å². The minimum atomic E-state index is -0.535. The predicted molar refractivity (Wildman–Crippen MR) is 68.9 cm³/mol. The lowest BCUT2D eigenvalue weighted by molar-refractivity contribution is 0.102. The van der Waals surface area contributed by atoms with Crippen LogP contribution in [0.5, 0.6) is 0 Å². The first-order valence-corrected chi connectivity index (χ1v) is 5.48. The zero-order valence-electron chi connectivity index (χ0n) is 10.1. The summed E-state index contributed by atoms with van der Waals surface area (Å²) in [6.45, 7) is 1.70. The van der Waals surface area contributed by atoms with Crippen LogP contribution in [0, 0.1) is 12.7 Å². The SMILES string of the molecule is Cc1cc(C(=O)Nc2ccccc2F)nc(NN)n1. The minimum absolute atomic E-state index is 0.0889. The molecule has 0 aliphatic rings. The van der Waals surface area contributed by atoms with Gasteiger partial charge < -0.3 is 5.32 Å². The second kappa shape index (κ2) is 5.40. The van der Waals surface area contributed by atoms with Gasteiger partial charge in [-0.05, 0) is 25.1 Å². The Morgan fingerprint density at radius 3 is 2.74 bits per heavy atom. The largest absolute Gasteiger partial charge is 0.318 e. The Balaban J connectivity index is 2.25. The zero-order chi connectivity index (χ0) is 13.8. The highest BCUT2D eigenvalue weighted by molar-refractivity contribution is 6.03. The van der Waals surface area contributed by atoms with Gasteiger partial charge in [-0.3, -0.25) is 10.2 Å². The molecule has 19 heavy (non-hydrogen) atoms. The van der Waals surface area contributed by atoms with E-state index < -0.39 is 11.7 Å². The third-order valence-corrected chi connectivity index (χ3v) is 2.34. The second-order valence-electron chi connectivity index (χ2n) is 3.80. The zero-order valence-corrected chi connectivity index (χ0v) is 10.1. The minimum Gasteiger partial charge on any atom is -0.318 e. The van der Waals surface area contributed by atoms with Crippen LogP contribution in [0.25, 0.3) is 0 Å². The number of para-hydroxylation sites is 1. The van der Waals surface area contributed by atoms with Crippen LogP contribution < -0.4 is 16.6 Å². The molecule has 1 amide bonds. The van der Waals surface area contributed by atoms with Crippen molar-refractivity contribution in [2.24, 2.45) is 5.84 Å². The number of amides is 1. The van der Waals surface area contributed by atoms with Crippen LogP contribution in [0.1, 0.15) is 16.2 Å². The molecule has 1 aromatic heterocycles. The van der Waals surface area contributed by atoms with E-state index in [9.17, 15) is 9.18 Å². The summed E-state index contributed by atoms with van der Waals surface area (Å²) in [6.07, 6.45) is 0. The first-order valence-electron chi connectivity index (χ1n) is 5.48. The third-order valence-electron chi connectivity index (χ3n) is 2.34. The van der Waals surface area contributed by atoms with Gasteiger partial charge >= 0.3 is 0 Å². The highest BCUT2D eigenvalue weighted by atomic mass is 19.1. The molecule has 0 aliphatic heterocycles. The lowest BCUT2D eigenvalue weighted by atomic mass is 10.2. The molecule has 0 spiro atoms. The average molecular weight is 261 g/mol. The maximum absolute atomic E-state index is 13.4. The first-order chi connectivity index (χ1) is 9.10. The average Bonchev–Trinajstić information content (AvgIpc) is 2.40. The van der Waals surface area contributed by atoms with E-state index in [1.165, 1.54) is 24.3 Å². The van der Waals surface area contributed by atoms with Gasteiger partial charge in [-0.2, -0.15) is 0 Å². The van der Waals surface area contributed by atoms with E-state index in [1.807, 2.05) is 0 Å². The van der Waals surface area contributed by atoms with Crippen molar-refractivity contribution in [2.75, 3.05) is 10.7 Å². The Morgan fingerprint density at radius 1 is 1.32 bits per heavy atom. The number of rotatable bonds is 3. The molecule has 7 heteroatoms. The fourth-order valence-electron chi connectivity index (χ4n) is 1.50. The second-order valence-corrected chi connectivity index (χ2v) is 3.80. The number of nitrogens with two attached hydrogens (primary N) is 1. The Kier molecular flexibility index (Phi) is 3.67. The van der Waals surface area contributed by atoms with Crippen LogP contribution in [0.3, 0.4) is 0 Å². The highest BCUT2D eigenvalue weighted by Gasteiger charge is 2.12. The van der Waals surface area contributed by atoms with Crippen molar-refractivity contribution >= 4 is 17.5 Å². The van der Waals surface area contributed by atoms with Crippen molar-refractivity contribution in [1.29, 1.82) is 0 Å². The summed E-state index contributed by atoms with van der Waals surface area (Å²) >= 11 is 0. The molecule has 1 heterocycles. The number of hydrogen-bond donors (Lipinski definition) is 3. The summed E-state index contributed by atoms with van der Waals surface area (Å²) in [5, 5.41) is 2.43. The molecule has 0 atom stereocenters. The summed E-state index contributed by atoms with van der Waals surface area (Å²) in [5.41, 5.74) is 3.02. The van der Waals surface area contributed by atoms with Crippen molar-refractivity contribution < 1.29 is 9.18 Å². The molecule has 6 nitrogen and oxygen atoms in total. The lowest BCUT2D eigenvalue weighted by Gasteiger charge is -2.07. The van der Waals surface area contributed by atoms with Crippen LogP contribution in [-0.2, 0) is 0 Å². The number of hydrogen-bond acceptors (Lipinski definition) is 5. The van der Waals surface area contributed by atoms with Gasteiger partial charge in [0.25, 0.3) is 5.91 Å². The molecule has 4 N–H and O–H groups in total. The lowest BCUT2D eigenvalue weighted by Crippen LogP contribution is -2.18. The molecule has 0 aliphatic carbocycles. The number of benzene rings is 1. The van der Waals surface area contributed by atoms with Crippen molar-refractivity contribution in [2.45, 2.75) is 6.92 Å². The van der Waals surface area contributed by atoms with Crippen molar-refractivity contribution in [3.05, 3.63) is 47.5 Å². The molecule has 2 rings (SSSR count). The van der Waals surface area contributed by atoms with Gasteiger partial charge in [0.1, 0.15) is 11.5 Å². The van der Waals surface area contributed by atoms with Crippen molar-refractivity contribution in [3.8, 4) is 0 Å². The quantitative estimate of drug-likeness (QED) is 0.574. The molecule has 0 unspecified atom stereocenters. The number of nitrogens with one attached hydrogen (secondary N) is 2. The highest BCUT2D eigenvalue weighted by Crippen LogP contribution is 2.14. The van der Waals surface area contributed by atoms with E-state index in [0.717, 1.165) is 0 Å². The summed E-state index contributed by atoms with van der Waals surface area (Å²) in [5.74, 6) is 4.27. The van der Waals surface area contributed by atoms with E-state index in [2.05, 4.69) is 20.7 Å². The van der Waals surface area contributed by atoms with Gasteiger partial charge in [-0.25, -0.2) is 20.2 Å². The molecule has 1 aromatic carbocycles. The summed E-state index contributed by atoms with van der Waals surface area (Å²) in [6, 6.07) is 7.36. The molecule has 0 saturated heterocycles. The summed E-state index contributed by atoms with van der Waals surface area (Å²) in [4.78, 5) is 19.8. The number of carbonyl (C=O) groups excluding carboxylic acids is 1. The Labute approximate surface area is 108 Å². The number of halogens is 1. The maximum Gasteiger partial charge on any atom is 0.274 e. The summed E-state index contributed by atoms with van der Waals surface area (Å²) in [7, 11) is 0. The number of aryl methyl sites for hydroxylation is 1. The maximum atomic E-state index is 13.4. The fraction of sp³-hybridized carbons (Fsp3) is 0.0833. The molecule has 0 saturated carbocycles. The number of carbonyl (C=O) groups is 1. The van der Waals surface area contributed by atoms with Crippen LogP contribution in [0.15, 0.2) is 30.3 Å². The topological polar surface area (TPSA) is 92.9 Å². The van der Waals surface area contributed by atoms with Crippen LogP contribution in [-0.4, -0.2) is 15.9 Å². The monoisotopic (exact) mass is 261 g/mol. The van der Waals surface area contributed by atoms with Crippen molar-refractivity contribution in [1.82, 2.24) is 9.97 Å². The van der Waals surface area contributed by atoms with Gasteiger partial charge in [0.05, 0.1) is 5.69 Å². The Bertz CT molecular complexity index is 617. The molecule has 0 fully saturated rings. The normalized spacial score (nSPS) is 10.1. The van der Waals surface area contributed by atoms with E-state index in [0.29, 0.717) is 5.69 Å². The van der Waals surface area contributed by atoms with E-state index in [-0.39, 0.29) is 17.3 Å². The molecule has 0 radical (unpaired) electrons. The molecular weight excluding hydrogens is 249 g/mol. The predicted octanol–water partition coefficient (Wildman–Crippen LogP) is 1.46. The smallest absolute Gasteiger partial charge is 0.274 e. The van der Waals surface area contributed by atoms with Gasteiger partial charge in [-0.15, -0.1) is 0 Å². The van der Waals surface area contributed by atoms with Crippen LogP contribution >= 0.6 is 0 Å². The number of nitrogens with zero attached hydrogens (tertiary/aromatic N) is 2. The molecule has 98 valence electrons. The Hall–Kier alpha value is -2.54. The Morgan fingerprint density at radius 2 is 2.05 bits per heavy atom. The van der Waals surface area contributed by atoms with Crippen LogP contribution in [0.2, 0.25) is 0 Å². The number of aromatic nitrogens is 2. The fourth-order valence-corrected chi connectivity index (χ4v) is 1.50. The number of hydrazine groups is 1. The van der Waals surface area contributed by atoms with Gasteiger partial charge in [0.2, 0.25) is 5.95 Å². The van der Waals surface area contributed by atoms with E-state index in [4.69, 9.17) is 5.84 Å². The molecule has 0 bridgehead atoms. The number of anilines is 2.